The van der Waals surface area contributed by atoms with Crippen LogP contribution in [0.4, 0.5) is 0 Å². The third-order valence-corrected chi connectivity index (χ3v) is 12.8. The van der Waals surface area contributed by atoms with E-state index in [1.54, 1.807) is 0 Å². The summed E-state index contributed by atoms with van der Waals surface area (Å²) in [5.74, 6) is -1.99. The minimum atomic E-state index is -1.51. The molecule has 0 radical (unpaired) electrons. The maximum atomic E-state index is 12.9. The van der Waals surface area contributed by atoms with Crippen LogP contribution in [0.5, 0.6) is 0 Å². The molecule has 0 aromatic heterocycles. The molecule has 408 valence electrons. The smallest absolute Gasteiger partial charge is 0.361 e. The molecule has 0 bridgehead atoms. The van der Waals surface area contributed by atoms with Gasteiger partial charge in [0, 0.05) is 12.8 Å². The number of allylic oxidation sites excluding steroid dienone is 8. The fraction of sp³-hybridized carbons (Fsp3) is 0.820. The van der Waals surface area contributed by atoms with Gasteiger partial charge in [0.15, 0.2) is 6.10 Å². The van der Waals surface area contributed by atoms with E-state index in [-0.39, 0.29) is 32.2 Å². The lowest BCUT2D eigenvalue weighted by Crippen LogP contribution is -2.40. The van der Waals surface area contributed by atoms with Gasteiger partial charge >= 0.3 is 17.9 Å². The molecule has 0 fully saturated rings. The standard InChI is InChI=1S/C61H111NO8/c1-6-8-10-12-14-16-18-20-22-23-24-25-26-27-28-29-30-31-32-33-34-35-36-37-38-40-42-44-46-48-50-52-59(64)70-57(56-69-61(60(65)66)67-54-53-62(3,4)5)55-68-58(63)51-49-47-45-43-41-39-21-19-17-15-13-11-9-7-2/h8,10,14,16,20,22,24-25,57,61H,6-7,9,11-13,15,17-19,21,23,26-56H2,1-5H3/p+1/b10-8-,16-14-,22-20-,25-24-. The molecule has 9 heteroatoms. The lowest BCUT2D eigenvalue weighted by Gasteiger charge is -2.25. The fourth-order valence-corrected chi connectivity index (χ4v) is 8.36. The number of carboxylic acid groups (broad SMARTS) is 1. The first-order valence-corrected chi connectivity index (χ1v) is 29.3. The number of carbonyl (C=O) groups is 3. The summed E-state index contributed by atoms with van der Waals surface area (Å²) in [6.45, 7) is 4.80. The van der Waals surface area contributed by atoms with Gasteiger partial charge in [0.2, 0.25) is 0 Å². The topological polar surface area (TPSA) is 108 Å². The second-order valence-electron chi connectivity index (χ2n) is 20.9. The molecule has 0 saturated carbocycles. The van der Waals surface area contributed by atoms with Crippen LogP contribution in [0.1, 0.15) is 264 Å². The maximum absolute atomic E-state index is 12.9. The van der Waals surface area contributed by atoms with Gasteiger partial charge in [-0.1, -0.05) is 249 Å². The molecule has 0 amide bonds. The van der Waals surface area contributed by atoms with Gasteiger partial charge in [0.05, 0.1) is 34.4 Å². The first kappa shape index (κ1) is 67.2. The molecule has 0 aliphatic rings. The zero-order chi connectivity index (χ0) is 51.3. The molecule has 70 heavy (non-hydrogen) atoms. The molecule has 0 saturated heterocycles. The Hall–Kier alpha value is -2.75. The van der Waals surface area contributed by atoms with Gasteiger partial charge in [-0.15, -0.1) is 0 Å². The highest BCUT2D eigenvalue weighted by molar-refractivity contribution is 5.71. The van der Waals surface area contributed by atoms with Crippen molar-refractivity contribution in [3.63, 3.8) is 0 Å². The van der Waals surface area contributed by atoms with Crippen LogP contribution in [-0.2, 0) is 33.3 Å². The van der Waals surface area contributed by atoms with Crippen molar-refractivity contribution in [3.05, 3.63) is 48.6 Å². The third kappa shape index (κ3) is 53.1. The molecule has 0 aromatic rings. The molecule has 0 aliphatic carbocycles. The number of carbonyl (C=O) groups excluding carboxylic acids is 2. The van der Waals surface area contributed by atoms with E-state index >= 15 is 0 Å². The number of aliphatic carboxylic acids is 1. The van der Waals surface area contributed by atoms with Crippen molar-refractivity contribution >= 4 is 17.9 Å². The summed E-state index contributed by atoms with van der Waals surface area (Å²) in [5, 5.41) is 9.69. The lowest BCUT2D eigenvalue weighted by molar-refractivity contribution is -0.870. The minimum Gasteiger partial charge on any atom is -0.477 e. The van der Waals surface area contributed by atoms with Crippen LogP contribution in [-0.4, -0.2) is 87.4 Å². The van der Waals surface area contributed by atoms with Gasteiger partial charge in [0.25, 0.3) is 6.29 Å². The fourth-order valence-electron chi connectivity index (χ4n) is 8.36. The van der Waals surface area contributed by atoms with Crippen LogP contribution in [0.3, 0.4) is 0 Å². The van der Waals surface area contributed by atoms with Crippen molar-refractivity contribution < 1.29 is 42.9 Å². The van der Waals surface area contributed by atoms with E-state index in [2.05, 4.69) is 62.5 Å². The van der Waals surface area contributed by atoms with Crippen molar-refractivity contribution in [1.29, 1.82) is 0 Å². The number of rotatable bonds is 54. The average molecular weight is 988 g/mol. The van der Waals surface area contributed by atoms with Gasteiger partial charge in [0.1, 0.15) is 13.2 Å². The molecular formula is C61H112NO8+. The zero-order valence-electron chi connectivity index (χ0n) is 46.4. The van der Waals surface area contributed by atoms with Gasteiger partial charge in [-0.3, -0.25) is 9.59 Å². The predicted molar refractivity (Wildman–Crippen MR) is 295 cm³/mol. The Morgan fingerprint density at radius 2 is 0.814 bits per heavy atom. The minimum absolute atomic E-state index is 0.177. The van der Waals surface area contributed by atoms with E-state index in [1.165, 1.54) is 173 Å². The number of esters is 2. The number of quaternary nitrogens is 1. The number of carboxylic acids is 1. The number of hydrogen-bond acceptors (Lipinski definition) is 7. The molecule has 9 nitrogen and oxygen atoms in total. The van der Waals surface area contributed by atoms with E-state index in [0.717, 1.165) is 64.2 Å². The van der Waals surface area contributed by atoms with Crippen LogP contribution in [0.15, 0.2) is 48.6 Å². The summed E-state index contributed by atoms with van der Waals surface area (Å²) in [5.41, 5.74) is 0. The van der Waals surface area contributed by atoms with Crippen molar-refractivity contribution in [2.45, 2.75) is 277 Å². The van der Waals surface area contributed by atoms with E-state index in [0.29, 0.717) is 17.4 Å². The quantitative estimate of drug-likeness (QED) is 0.0211. The molecule has 0 rings (SSSR count). The number of hydrogen-bond donors (Lipinski definition) is 1. The highest BCUT2D eigenvalue weighted by atomic mass is 16.7. The molecule has 1 N–H and O–H groups in total. The van der Waals surface area contributed by atoms with Crippen molar-refractivity contribution in [3.8, 4) is 0 Å². The van der Waals surface area contributed by atoms with Crippen LogP contribution in [0, 0.1) is 0 Å². The van der Waals surface area contributed by atoms with Crippen LogP contribution in [0.25, 0.3) is 0 Å². The summed E-state index contributed by atoms with van der Waals surface area (Å²) in [6, 6.07) is 0. The molecule has 0 aromatic carbocycles. The van der Waals surface area contributed by atoms with E-state index in [1.807, 2.05) is 21.1 Å². The van der Waals surface area contributed by atoms with Gasteiger partial charge in [-0.25, -0.2) is 4.79 Å². The Bertz CT molecular complexity index is 1290. The number of unbranched alkanes of at least 4 members (excludes halogenated alkanes) is 31. The maximum Gasteiger partial charge on any atom is 0.361 e. The molecule has 0 heterocycles. The van der Waals surface area contributed by atoms with Gasteiger partial charge in [-0.2, -0.15) is 0 Å². The highest BCUT2D eigenvalue weighted by Gasteiger charge is 2.25. The SMILES string of the molecule is CC/C=C\C/C=C\C/C=C\C/C=C\CCCCCCCCCCCCCCCCCCCCC(=O)OC(COC(=O)CCCCCCCCCCCCCCCC)COC(OCC[N+](C)(C)C)C(=O)O. The Morgan fingerprint density at radius 3 is 1.21 bits per heavy atom. The number of nitrogens with zero attached hydrogens (tertiary/aromatic N) is 1. The summed E-state index contributed by atoms with van der Waals surface area (Å²) in [4.78, 5) is 37.4. The van der Waals surface area contributed by atoms with Crippen LogP contribution in [0.2, 0.25) is 0 Å². The monoisotopic (exact) mass is 987 g/mol. The van der Waals surface area contributed by atoms with E-state index in [9.17, 15) is 19.5 Å². The van der Waals surface area contributed by atoms with Crippen LogP contribution < -0.4 is 0 Å². The number of likely N-dealkylation sites (N-methyl/N-ethyl adjacent to an activating group) is 1. The van der Waals surface area contributed by atoms with Crippen molar-refractivity contribution in [2.24, 2.45) is 0 Å². The van der Waals surface area contributed by atoms with E-state index in [4.69, 9.17) is 18.9 Å². The van der Waals surface area contributed by atoms with Crippen LogP contribution >= 0.6 is 0 Å². The molecule has 2 atom stereocenters. The summed E-state index contributed by atoms with van der Waals surface area (Å²) in [6.07, 6.45) is 62.0. The molecular weight excluding hydrogens is 875 g/mol. The molecule has 0 spiro atoms. The molecule has 2 unspecified atom stereocenters. The Labute approximate surface area is 432 Å². The first-order chi connectivity index (χ1) is 34.1. The lowest BCUT2D eigenvalue weighted by atomic mass is 10.0. The Kier molecular flexibility index (Phi) is 50.5. The average Bonchev–Trinajstić information content (AvgIpc) is 3.33. The van der Waals surface area contributed by atoms with E-state index < -0.39 is 24.3 Å². The largest absolute Gasteiger partial charge is 0.477 e. The third-order valence-electron chi connectivity index (χ3n) is 12.8. The first-order valence-electron chi connectivity index (χ1n) is 29.3. The summed E-state index contributed by atoms with van der Waals surface area (Å²) >= 11 is 0. The Balaban J connectivity index is 4.10. The number of ether oxygens (including phenoxy) is 4. The zero-order valence-corrected chi connectivity index (χ0v) is 46.4. The Morgan fingerprint density at radius 1 is 0.443 bits per heavy atom. The highest BCUT2D eigenvalue weighted by Crippen LogP contribution is 2.17. The summed E-state index contributed by atoms with van der Waals surface area (Å²) < 4.78 is 22.9. The van der Waals surface area contributed by atoms with Crippen molar-refractivity contribution in [1.82, 2.24) is 0 Å². The van der Waals surface area contributed by atoms with Gasteiger partial charge in [-0.05, 0) is 51.4 Å². The second kappa shape index (κ2) is 52.6. The second-order valence-corrected chi connectivity index (χ2v) is 20.9. The normalized spacial score (nSPS) is 13.1. The summed E-state index contributed by atoms with van der Waals surface area (Å²) in [7, 11) is 5.97. The van der Waals surface area contributed by atoms with Crippen molar-refractivity contribution in [2.75, 3.05) is 47.5 Å². The van der Waals surface area contributed by atoms with Gasteiger partial charge < -0.3 is 28.5 Å². The molecule has 0 aliphatic heterocycles. The predicted octanol–water partition coefficient (Wildman–Crippen LogP) is 17.1.